The van der Waals surface area contributed by atoms with Gasteiger partial charge in [-0.05, 0) is 18.2 Å². The summed E-state index contributed by atoms with van der Waals surface area (Å²) in [6.07, 6.45) is 1.59. The Labute approximate surface area is 198 Å². The number of benzene rings is 2. The van der Waals surface area contributed by atoms with Crippen LogP contribution in [0.2, 0.25) is 5.02 Å². The van der Waals surface area contributed by atoms with E-state index in [4.69, 9.17) is 25.8 Å². The van der Waals surface area contributed by atoms with Gasteiger partial charge < -0.3 is 19.1 Å². The molecule has 1 saturated heterocycles. The number of nitrogens with zero attached hydrogens (tertiary/aromatic N) is 3. The maximum absolute atomic E-state index is 13.2. The van der Waals surface area contributed by atoms with Crippen LogP contribution in [0.5, 0.6) is 17.2 Å². The van der Waals surface area contributed by atoms with E-state index in [2.05, 4.69) is 15.1 Å². The van der Waals surface area contributed by atoms with Crippen molar-refractivity contribution >= 4 is 17.5 Å². The minimum absolute atomic E-state index is 0.0305. The van der Waals surface area contributed by atoms with Crippen LogP contribution in [0.15, 0.2) is 42.6 Å². The SMILES string of the molecule is COc1ccc(CN2CCN(C(=O)c3cn[nH]c3-c3ccc(Cl)cc3)CC2)c(OC)c1OC. The van der Waals surface area contributed by atoms with Crippen LogP contribution in [0.4, 0.5) is 0 Å². The van der Waals surface area contributed by atoms with Gasteiger partial charge in [-0.1, -0.05) is 29.8 Å². The summed E-state index contributed by atoms with van der Waals surface area (Å²) >= 11 is 5.99. The van der Waals surface area contributed by atoms with Crippen LogP contribution < -0.4 is 14.2 Å². The number of carbonyl (C=O) groups excluding carboxylic acids is 1. The molecular weight excluding hydrogens is 444 g/mol. The first kappa shape index (κ1) is 22.9. The first-order chi connectivity index (χ1) is 16.0. The van der Waals surface area contributed by atoms with Crippen molar-refractivity contribution in [1.82, 2.24) is 20.0 Å². The van der Waals surface area contributed by atoms with Gasteiger partial charge >= 0.3 is 0 Å². The van der Waals surface area contributed by atoms with Crippen LogP contribution >= 0.6 is 11.6 Å². The number of ether oxygens (including phenoxy) is 3. The molecule has 2 aromatic carbocycles. The minimum Gasteiger partial charge on any atom is -0.493 e. The van der Waals surface area contributed by atoms with Gasteiger partial charge in [-0.3, -0.25) is 14.8 Å². The molecule has 1 fully saturated rings. The minimum atomic E-state index is -0.0305. The average Bonchev–Trinajstić information content (AvgIpc) is 3.34. The molecule has 0 spiro atoms. The van der Waals surface area contributed by atoms with Gasteiger partial charge in [-0.2, -0.15) is 5.10 Å². The number of hydrogen-bond acceptors (Lipinski definition) is 6. The third-order valence-electron chi connectivity index (χ3n) is 5.84. The molecule has 0 unspecified atom stereocenters. The predicted octanol–water partition coefficient (Wildman–Crippen LogP) is 3.71. The molecule has 1 aliphatic rings. The highest BCUT2D eigenvalue weighted by atomic mass is 35.5. The molecule has 0 aliphatic carbocycles. The molecule has 0 atom stereocenters. The predicted molar refractivity (Wildman–Crippen MR) is 126 cm³/mol. The summed E-state index contributed by atoms with van der Waals surface area (Å²) in [4.78, 5) is 17.4. The number of methoxy groups -OCH3 is 3. The molecule has 0 radical (unpaired) electrons. The Bertz CT molecular complexity index is 1110. The maximum Gasteiger partial charge on any atom is 0.257 e. The standard InChI is InChI=1S/C24H27ClN4O4/c1-31-20-9-6-17(22(32-2)23(20)33-3)15-28-10-12-29(13-11-28)24(30)19-14-26-27-21(19)16-4-7-18(25)8-5-16/h4-9,14H,10-13,15H2,1-3H3,(H,26,27). The van der Waals surface area contributed by atoms with Crippen molar-refractivity contribution < 1.29 is 19.0 Å². The number of rotatable bonds is 7. The molecule has 1 aromatic heterocycles. The number of aromatic amines is 1. The second-order valence-electron chi connectivity index (χ2n) is 7.73. The van der Waals surface area contributed by atoms with E-state index in [0.29, 0.717) is 53.2 Å². The summed E-state index contributed by atoms with van der Waals surface area (Å²) in [5.74, 6) is 1.85. The van der Waals surface area contributed by atoms with Crippen LogP contribution in [0.1, 0.15) is 15.9 Å². The average molecular weight is 471 g/mol. The van der Waals surface area contributed by atoms with Gasteiger partial charge in [0, 0.05) is 48.9 Å². The second-order valence-corrected chi connectivity index (χ2v) is 8.16. The van der Waals surface area contributed by atoms with Gasteiger partial charge in [0.15, 0.2) is 11.5 Å². The third kappa shape index (κ3) is 4.77. The van der Waals surface area contributed by atoms with Gasteiger partial charge in [0.2, 0.25) is 5.75 Å². The Kier molecular flexibility index (Phi) is 7.05. The zero-order valence-electron chi connectivity index (χ0n) is 18.9. The first-order valence-electron chi connectivity index (χ1n) is 10.6. The summed E-state index contributed by atoms with van der Waals surface area (Å²) in [6.45, 7) is 3.43. The molecule has 8 nitrogen and oxygen atoms in total. The lowest BCUT2D eigenvalue weighted by Crippen LogP contribution is -2.48. The summed E-state index contributed by atoms with van der Waals surface area (Å²) in [5, 5.41) is 7.70. The molecular formula is C24H27ClN4O4. The zero-order chi connectivity index (χ0) is 23.4. The Balaban J connectivity index is 1.43. The fourth-order valence-corrected chi connectivity index (χ4v) is 4.22. The lowest BCUT2D eigenvalue weighted by Gasteiger charge is -2.35. The quantitative estimate of drug-likeness (QED) is 0.567. The Hall–Kier alpha value is -3.23. The van der Waals surface area contributed by atoms with E-state index in [-0.39, 0.29) is 5.91 Å². The lowest BCUT2D eigenvalue weighted by molar-refractivity contribution is 0.0628. The Morgan fingerprint density at radius 1 is 0.970 bits per heavy atom. The van der Waals surface area contributed by atoms with E-state index in [1.807, 2.05) is 29.2 Å². The topological polar surface area (TPSA) is 79.9 Å². The molecule has 2 heterocycles. The van der Waals surface area contributed by atoms with Crippen molar-refractivity contribution in [3.63, 3.8) is 0 Å². The van der Waals surface area contributed by atoms with Crippen LogP contribution in [0.25, 0.3) is 11.3 Å². The van der Waals surface area contributed by atoms with Crippen molar-refractivity contribution in [3.05, 3.63) is 58.7 Å². The van der Waals surface area contributed by atoms with Gasteiger partial charge in [-0.15, -0.1) is 0 Å². The van der Waals surface area contributed by atoms with Crippen LogP contribution in [0.3, 0.4) is 0 Å². The first-order valence-corrected chi connectivity index (χ1v) is 11.0. The number of amides is 1. The number of nitrogens with one attached hydrogen (secondary N) is 1. The van der Waals surface area contributed by atoms with Crippen molar-refractivity contribution in [2.24, 2.45) is 0 Å². The Morgan fingerprint density at radius 3 is 2.30 bits per heavy atom. The number of piperazine rings is 1. The number of halogens is 1. The molecule has 3 aromatic rings. The van der Waals surface area contributed by atoms with Gasteiger partial charge in [0.25, 0.3) is 5.91 Å². The van der Waals surface area contributed by atoms with Gasteiger partial charge in [0.05, 0.1) is 38.8 Å². The highest BCUT2D eigenvalue weighted by Crippen LogP contribution is 2.40. The van der Waals surface area contributed by atoms with Gasteiger partial charge in [-0.25, -0.2) is 0 Å². The van der Waals surface area contributed by atoms with Crippen LogP contribution in [-0.4, -0.2) is 73.4 Å². The second kappa shape index (κ2) is 10.1. The molecule has 9 heteroatoms. The monoisotopic (exact) mass is 470 g/mol. The molecule has 1 N–H and O–H groups in total. The third-order valence-corrected chi connectivity index (χ3v) is 6.09. The highest BCUT2D eigenvalue weighted by molar-refractivity contribution is 6.30. The fraction of sp³-hybridized carbons (Fsp3) is 0.333. The van der Waals surface area contributed by atoms with E-state index in [0.717, 1.165) is 24.2 Å². The van der Waals surface area contributed by atoms with Crippen molar-refractivity contribution in [3.8, 4) is 28.5 Å². The highest BCUT2D eigenvalue weighted by Gasteiger charge is 2.26. The van der Waals surface area contributed by atoms with Crippen LogP contribution in [-0.2, 0) is 6.54 Å². The summed E-state index contributed by atoms with van der Waals surface area (Å²) in [5.41, 5.74) is 3.15. The van der Waals surface area contributed by atoms with Crippen LogP contribution in [0, 0.1) is 0 Å². The Morgan fingerprint density at radius 2 is 1.67 bits per heavy atom. The summed E-state index contributed by atoms with van der Waals surface area (Å²) in [6, 6.07) is 11.2. The molecule has 0 bridgehead atoms. The summed E-state index contributed by atoms with van der Waals surface area (Å²) in [7, 11) is 4.83. The number of H-pyrrole nitrogens is 1. The summed E-state index contributed by atoms with van der Waals surface area (Å²) < 4.78 is 16.5. The lowest BCUT2D eigenvalue weighted by atomic mass is 10.1. The molecule has 1 aliphatic heterocycles. The van der Waals surface area contributed by atoms with Crippen molar-refractivity contribution in [2.45, 2.75) is 6.54 Å². The maximum atomic E-state index is 13.2. The largest absolute Gasteiger partial charge is 0.493 e. The van der Waals surface area contributed by atoms with E-state index in [9.17, 15) is 4.79 Å². The molecule has 1 amide bonds. The zero-order valence-corrected chi connectivity index (χ0v) is 19.7. The smallest absolute Gasteiger partial charge is 0.257 e. The van der Waals surface area contributed by atoms with E-state index >= 15 is 0 Å². The van der Waals surface area contributed by atoms with Gasteiger partial charge in [0.1, 0.15) is 0 Å². The number of hydrogen-bond donors (Lipinski definition) is 1. The molecule has 174 valence electrons. The molecule has 33 heavy (non-hydrogen) atoms. The number of aromatic nitrogens is 2. The normalized spacial score (nSPS) is 14.2. The molecule has 4 rings (SSSR count). The van der Waals surface area contributed by atoms with E-state index in [1.54, 1.807) is 39.7 Å². The van der Waals surface area contributed by atoms with Crippen molar-refractivity contribution in [2.75, 3.05) is 47.5 Å². The van der Waals surface area contributed by atoms with Crippen molar-refractivity contribution in [1.29, 1.82) is 0 Å². The van der Waals surface area contributed by atoms with E-state index in [1.165, 1.54) is 0 Å². The fourth-order valence-electron chi connectivity index (χ4n) is 4.09. The van der Waals surface area contributed by atoms with E-state index < -0.39 is 0 Å². The molecule has 0 saturated carbocycles. The number of carbonyl (C=O) groups is 1.